The minimum Gasteiger partial charge on any atom is -0.364 e. The van der Waals surface area contributed by atoms with Crippen molar-refractivity contribution in [1.82, 2.24) is 9.78 Å². The Labute approximate surface area is 162 Å². The fourth-order valence-electron chi connectivity index (χ4n) is 3.58. The van der Waals surface area contributed by atoms with Gasteiger partial charge >= 0.3 is 0 Å². The second kappa shape index (κ2) is 6.60. The number of allylic oxidation sites excluding steroid dienone is 4. The van der Waals surface area contributed by atoms with Gasteiger partial charge in [0.2, 0.25) is 0 Å². The van der Waals surface area contributed by atoms with E-state index >= 15 is 0 Å². The number of carbonyl (C=O) groups is 1. The van der Waals surface area contributed by atoms with Crippen molar-refractivity contribution in [3.8, 4) is 5.69 Å². The minimum absolute atomic E-state index is 0.254. The largest absolute Gasteiger partial charge is 0.364 e. The molecule has 2 aliphatic rings. The molecular weight excluding hydrogens is 369 g/mol. The van der Waals surface area contributed by atoms with Crippen molar-refractivity contribution < 1.29 is 4.79 Å². The summed E-state index contributed by atoms with van der Waals surface area (Å²) in [5, 5.41) is 5.46. The lowest BCUT2D eigenvalue weighted by Crippen LogP contribution is -2.13. The third-order valence-electron chi connectivity index (χ3n) is 5.13. The second-order valence-electron chi connectivity index (χ2n) is 6.95. The highest BCUT2D eigenvalue weighted by atomic mass is 35.5. The molecule has 0 aliphatic heterocycles. The average molecular weight is 388 g/mol. The zero-order valence-corrected chi connectivity index (χ0v) is 15.9. The Morgan fingerprint density at radius 3 is 2.65 bits per heavy atom. The SMILES string of the molecule is Cc1c(C(N)=O)nn(-c2ccc(Cl)cc2Cl)c1C1=CCC(C2CC2)C=C1. The number of rotatable bonds is 4. The number of primary amides is 1. The molecule has 0 spiro atoms. The van der Waals surface area contributed by atoms with Gasteiger partial charge in [0.25, 0.3) is 5.91 Å². The number of nitrogens with zero attached hydrogens (tertiary/aromatic N) is 2. The summed E-state index contributed by atoms with van der Waals surface area (Å²) in [5.41, 5.74) is 9.08. The standard InChI is InChI=1S/C20H19Cl2N3O/c1-11-18(20(23)26)24-25(17-9-8-15(21)10-16(17)22)19(11)14-6-4-13(5-7-14)12-2-3-12/h4,6-10,12-13H,2-3,5H2,1H3,(H2,23,26). The first kappa shape index (κ1) is 17.4. The van der Waals surface area contributed by atoms with E-state index in [-0.39, 0.29) is 5.69 Å². The summed E-state index contributed by atoms with van der Waals surface area (Å²) in [6.07, 6.45) is 10.3. The molecule has 0 bridgehead atoms. The van der Waals surface area contributed by atoms with Crippen molar-refractivity contribution in [2.45, 2.75) is 26.2 Å². The van der Waals surface area contributed by atoms with Crippen molar-refractivity contribution >= 4 is 34.7 Å². The van der Waals surface area contributed by atoms with Gasteiger partial charge in [-0.1, -0.05) is 41.4 Å². The van der Waals surface area contributed by atoms with Gasteiger partial charge in [-0.05, 0) is 61.8 Å². The maximum atomic E-state index is 11.8. The Morgan fingerprint density at radius 2 is 2.08 bits per heavy atom. The molecular formula is C20H19Cl2N3O. The molecule has 2 N–H and O–H groups in total. The molecule has 4 rings (SSSR count). The highest BCUT2D eigenvalue weighted by Crippen LogP contribution is 2.42. The van der Waals surface area contributed by atoms with E-state index in [1.807, 2.05) is 6.92 Å². The van der Waals surface area contributed by atoms with Crippen LogP contribution in [0.4, 0.5) is 0 Å². The fraction of sp³-hybridized carbons (Fsp3) is 0.300. The van der Waals surface area contributed by atoms with E-state index in [4.69, 9.17) is 28.9 Å². The average Bonchev–Trinajstić information content (AvgIpc) is 3.39. The molecule has 1 unspecified atom stereocenters. The maximum Gasteiger partial charge on any atom is 0.269 e. The molecule has 0 radical (unpaired) electrons. The monoisotopic (exact) mass is 387 g/mol. The summed E-state index contributed by atoms with van der Waals surface area (Å²) in [6, 6.07) is 5.21. The van der Waals surface area contributed by atoms with Gasteiger partial charge in [0.05, 0.1) is 16.4 Å². The minimum atomic E-state index is -0.552. The number of hydrogen-bond donors (Lipinski definition) is 1. The zero-order chi connectivity index (χ0) is 18.4. The van der Waals surface area contributed by atoms with Crippen LogP contribution in [0.5, 0.6) is 0 Å². The summed E-state index contributed by atoms with van der Waals surface area (Å²) in [4.78, 5) is 11.8. The molecule has 1 atom stereocenters. The highest BCUT2D eigenvalue weighted by molar-refractivity contribution is 6.35. The normalized spacial score (nSPS) is 19.5. The van der Waals surface area contributed by atoms with Crippen LogP contribution in [0, 0.1) is 18.8 Å². The number of amides is 1. The molecule has 1 saturated carbocycles. The van der Waals surface area contributed by atoms with Gasteiger partial charge in [0, 0.05) is 10.6 Å². The number of hydrogen-bond acceptors (Lipinski definition) is 2. The van der Waals surface area contributed by atoms with Crippen LogP contribution in [0.2, 0.25) is 10.0 Å². The van der Waals surface area contributed by atoms with E-state index in [1.54, 1.807) is 22.9 Å². The lowest BCUT2D eigenvalue weighted by atomic mass is 9.90. The zero-order valence-electron chi connectivity index (χ0n) is 14.4. The smallest absolute Gasteiger partial charge is 0.269 e. The van der Waals surface area contributed by atoms with Crippen molar-refractivity contribution in [1.29, 1.82) is 0 Å². The summed E-state index contributed by atoms with van der Waals surface area (Å²) < 4.78 is 1.70. The van der Waals surface area contributed by atoms with Crippen molar-refractivity contribution in [3.05, 3.63) is 63.4 Å². The Morgan fingerprint density at radius 1 is 1.31 bits per heavy atom. The van der Waals surface area contributed by atoms with Crippen LogP contribution in [0.25, 0.3) is 11.3 Å². The van der Waals surface area contributed by atoms with E-state index in [0.29, 0.717) is 21.7 Å². The molecule has 1 amide bonds. The van der Waals surface area contributed by atoms with E-state index in [1.165, 1.54) is 12.8 Å². The third-order valence-corrected chi connectivity index (χ3v) is 5.67. The van der Waals surface area contributed by atoms with E-state index in [0.717, 1.165) is 29.2 Å². The highest BCUT2D eigenvalue weighted by Gasteiger charge is 2.31. The lowest BCUT2D eigenvalue weighted by Gasteiger charge is -2.17. The number of nitrogens with two attached hydrogens (primary N) is 1. The molecule has 1 aromatic carbocycles. The quantitative estimate of drug-likeness (QED) is 0.805. The van der Waals surface area contributed by atoms with Crippen LogP contribution in [-0.2, 0) is 0 Å². The van der Waals surface area contributed by atoms with Crippen LogP contribution in [0.15, 0.2) is 36.4 Å². The summed E-state index contributed by atoms with van der Waals surface area (Å²) in [6.45, 7) is 1.87. The van der Waals surface area contributed by atoms with E-state index in [2.05, 4.69) is 23.3 Å². The first-order valence-corrected chi connectivity index (χ1v) is 9.45. The van der Waals surface area contributed by atoms with Gasteiger partial charge in [-0.15, -0.1) is 0 Å². The van der Waals surface area contributed by atoms with Crippen molar-refractivity contribution in [3.63, 3.8) is 0 Å². The number of carbonyl (C=O) groups excluding carboxylic acids is 1. The Hall–Kier alpha value is -2.04. The number of aromatic nitrogens is 2. The summed E-state index contributed by atoms with van der Waals surface area (Å²) in [5.74, 6) is 0.885. The lowest BCUT2D eigenvalue weighted by molar-refractivity contribution is 0.0994. The topological polar surface area (TPSA) is 60.9 Å². The van der Waals surface area contributed by atoms with Crippen LogP contribution < -0.4 is 5.73 Å². The van der Waals surface area contributed by atoms with E-state index in [9.17, 15) is 4.79 Å². The van der Waals surface area contributed by atoms with Gasteiger partial charge in [-0.2, -0.15) is 5.10 Å². The predicted octanol–water partition coefficient (Wildman–Crippen LogP) is 4.96. The molecule has 1 fully saturated rings. The van der Waals surface area contributed by atoms with Crippen molar-refractivity contribution in [2.75, 3.05) is 0 Å². The summed E-state index contributed by atoms with van der Waals surface area (Å²) >= 11 is 12.4. The summed E-state index contributed by atoms with van der Waals surface area (Å²) in [7, 11) is 0. The third kappa shape index (κ3) is 3.08. The maximum absolute atomic E-state index is 11.8. The van der Waals surface area contributed by atoms with Crippen molar-refractivity contribution in [2.24, 2.45) is 17.6 Å². The molecule has 1 heterocycles. The molecule has 0 saturated heterocycles. The van der Waals surface area contributed by atoms with Gasteiger partial charge in [-0.25, -0.2) is 4.68 Å². The predicted molar refractivity (Wildman–Crippen MR) is 105 cm³/mol. The van der Waals surface area contributed by atoms with Gasteiger partial charge in [-0.3, -0.25) is 4.79 Å². The molecule has 26 heavy (non-hydrogen) atoms. The molecule has 2 aliphatic carbocycles. The first-order valence-electron chi connectivity index (χ1n) is 8.69. The Kier molecular flexibility index (Phi) is 4.41. The second-order valence-corrected chi connectivity index (χ2v) is 7.79. The van der Waals surface area contributed by atoms with Gasteiger partial charge in [0.1, 0.15) is 0 Å². The molecule has 2 aromatic rings. The van der Waals surface area contributed by atoms with Gasteiger partial charge < -0.3 is 5.73 Å². The molecule has 1 aromatic heterocycles. The number of benzene rings is 1. The fourth-order valence-corrected chi connectivity index (χ4v) is 4.07. The van der Waals surface area contributed by atoms with E-state index < -0.39 is 5.91 Å². The molecule has 6 heteroatoms. The Bertz CT molecular complexity index is 954. The first-order chi connectivity index (χ1) is 12.5. The van der Waals surface area contributed by atoms with Gasteiger partial charge in [0.15, 0.2) is 5.69 Å². The van der Waals surface area contributed by atoms with Crippen LogP contribution in [-0.4, -0.2) is 15.7 Å². The van der Waals surface area contributed by atoms with Crippen LogP contribution in [0.1, 0.15) is 41.0 Å². The van der Waals surface area contributed by atoms with Crippen LogP contribution in [0.3, 0.4) is 0 Å². The molecule has 4 nitrogen and oxygen atoms in total. The Balaban J connectivity index is 1.83. The number of halogens is 2. The molecule has 134 valence electrons. The van der Waals surface area contributed by atoms with Crippen LogP contribution >= 0.6 is 23.2 Å².